The van der Waals surface area contributed by atoms with Crippen LogP contribution in [0.1, 0.15) is 25.2 Å². The first-order valence-electron chi connectivity index (χ1n) is 6.19. The largest absolute Gasteiger partial charge is 0.458 e. The Morgan fingerprint density at radius 1 is 1.05 bits per heavy atom. The third-order valence-corrected chi connectivity index (χ3v) is 2.33. The summed E-state index contributed by atoms with van der Waals surface area (Å²) in [6.07, 6.45) is 0. The predicted octanol–water partition coefficient (Wildman–Crippen LogP) is -0.138. The van der Waals surface area contributed by atoms with Gasteiger partial charge in [-0.15, -0.1) is 0 Å². The van der Waals surface area contributed by atoms with Gasteiger partial charge >= 0.3 is 11.9 Å². The number of pyridine rings is 1. The van der Waals surface area contributed by atoms with Gasteiger partial charge in [0.25, 0.3) is 0 Å². The lowest BCUT2D eigenvalue weighted by Crippen LogP contribution is -2.29. The molecule has 0 fully saturated rings. The van der Waals surface area contributed by atoms with E-state index in [1.54, 1.807) is 32.0 Å². The summed E-state index contributed by atoms with van der Waals surface area (Å²) in [7, 11) is 0. The molecular weight excluding hydrogens is 262 g/mol. The van der Waals surface area contributed by atoms with Crippen LogP contribution >= 0.6 is 0 Å². The van der Waals surface area contributed by atoms with Gasteiger partial charge in [0.05, 0.1) is 11.4 Å². The first kappa shape index (κ1) is 16.1. The molecule has 0 aliphatic heterocycles. The van der Waals surface area contributed by atoms with Crippen molar-refractivity contribution in [1.29, 1.82) is 0 Å². The maximum Gasteiger partial charge on any atom is 0.323 e. The topological polar surface area (TPSA) is 118 Å². The molecule has 1 heterocycles. The normalized spacial score (nSPS) is 13.4. The van der Waals surface area contributed by atoms with Crippen LogP contribution in [0, 0.1) is 0 Å². The molecule has 0 saturated carbocycles. The van der Waals surface area contributed by atoms with Crippen molar-refractivity contribution in [2.75, 3.05) is 0 Å². The van der Waals surface area contributed by atoms with Gasteiger partial charge in [0.1, 0.15) is 25.3 Å². The van der Waals surface area contributed by atoms with E-state index in [-0.39, 0.29) is 13.2 Å². The molecular formula is C13H19N3O4. The molecule has 1 rings (SSSR count). The van der Waals surface area contributed by atoms with Crippen LogP contribution in [0.5, 0.6) is 0 Å². The van der Waals surface area contributed by atoms with Gasteiger partial charge in [-0.25, -0.2) is 0 Å². The lowest BCUT2D eigenvalue weighted by atomic mass is 10.3. The zero-order chi connectivity index (χ0) is 15.1. The fourth-order valence-corrected chi connectivity index (χ4v) is 1.24. The van der Waals surface area contributed by atoms with E-state index in [4.69, 9.17) is 20.9 Å². The van der Waals surface area contributed by atoms with Crippen molar-refractivity contribution >= 4 is 11.9 Å². The number of carbonyl (C=O) groups is 2. The molecule has 0 radical (unpaired) electrons. The third-order valence-electron chi connectivity index (χ3n) is 2.33. The van der Waals surface area contributed by atoms with Gasteiger partial charge in [0.15, 0.2) is 0 Å². The van der Waals surface area contributed by atoms with E-state index in [1.165, 1.54) is 0 Å². The fourth-order valence-electron chi connectivity index (χ4n) is 1.24. The molecule has 0 aromatic carbocycles. The number of hydrogen-bond donors (Lipinski definition) is 2. The lowest BCUT2D eigenvalue weighted by molar-refractivity contribution is -0.146. The molecule has 110 valence electrons. The molecule has 0 unspecified atom stereocenters. The van der Waals surface area contributed by atoms with Crippen molar-refractivity contribution in [3.8, 4) is 0 Å². The number of nitrogens with two attached hydrogens (primary N) is 2. The van der Waals surface area contributed by atoms with Crippen molar-refractivity contribution in [3.63, 3.8) is 0 Å². The SMILES string of the molecule is C[C@H](N)C(=O)OCc1cccc(COC(=O)[C@H](C)N)n1. The van der Waals surface area contributed by atoms with Gasteiger partial charge < -0.3 is 20.9 Å². The minimum absolute atomic E-state index is 0.0233. The first-order valence-corrected chi connectivity index (χ1v) is 6.19. The minimum Gasteiger partial charge on any atom is -0.458 e. The number of aromatic nitrogens is 1. The summed E-state index contributed by atoms with van der Waals surface area (Å²) >= 11 is 0. The number of esters is 2. The van der Waals surface area contributed by atoms with E-state index in [0.29, 0.717) is 11.4 Å². The highest BCUT2D eigenvalue weighted by Gasteiger charge is 2.11. The van der Waals surface area contributed by atoms with Crippen LogP contribution in [0.25, 0.3) is 0 Å². The van der Waals surface area contributed by atoms with Crippen molar-refractivity contribution in [3.05, 3.63) is 29.6 Å². The molecule has 0 spiro atoms. The highest BCUT2D eigenvalue weighted by atomic mass is 16.5. The van der Waals surface area contributed by atoms with Crippen molar-refractivity contribution in [1.82, 2.24) is 4.98 Å². The van der Waals surface area contributed by atoms with Gasteiger partial charge in [0.2, 0.25) is 0 Å². The predicted molar refractivity (Wildman–Crippen MR) is 71.1 cm³/mol. The molecule has 4 N–H and O–H groups in total. The Balaban J connectivity index is 2.53. The Morgan fingerprint density at radius 2 is 1.45 bits per heavy atom. The van der Waals surface area contributed by atoms with Gasteiger partial charge in [-0.3, -0.25) is 14.6 Å². The van der Waals surface area contributed by atoms with Crippen LogP contribution in [0.4, 0.5) is 0 Å². The number of hydrogen-bond acceptors (Lipinski definition) is 7. The van der Waals surface area contributed by atoms with E-state index < -0.39 is 24.0 Å². The molecule has 1 aromatic heterocycles. The molecule has 7 heteroatoms. The zero-order valence-electron chi connectivity index (χ0n) is 11.5. The Bertz CT molecular complexity index is 435. The number of nitrogens with zero attached hydrogens (tertiary/aromatic N) is 1. The Labute approximate surface area is 117 Å². The Morgan fingerprint density at radius 3 is 1.80 bits per heavy atom. The standard InChI is InChI=1S/C13H19N3O4/c1-8(14)12(17)19-6-10-4-3-5-11(16-10)7-20-13(18)9(2)15/h3-5,8-9H,6-7,14-15H2,1-2H3/t8-,9-/m0/s1. The van der Waals surface area contributed by atoms with Crippen molar-refractivity contribution in [2.24, 2.45) is 11.5 Å². The fraction of sp³-hybridized carbons (Fsp3) is 0.462. The molecule has 0 aliphatic rings. The van der Waals surface area contributed by atoms with Gasteiger partial charge in [-0.2, -0.15) is 0 Å². The quantitative estimate of drug-likeness (QED) is 0.697. The van der Waals surface area contributed by atoms with Crippen LogP contribution in [0.2, 0.25) is 0 Å². The molecule has 0 amide bonds. The third kappa shape index (κ3) is 5.33. The smallest absolute Gasteiger partial charge is 0.323 e. The average Bonchev–Trinajstić information content (AvgIpc) is 2.42. The minimum atomic E-state index is -0.676. The Hall–Kier alpha value is -1.99. The molecule has 0 aliphatic carbocycles. The second kappa shape index (κ2) is 7.56. The molecule has 1 aromatic rings. The van der Waals surface area contributed by atoms with Crippen LogP contribution in [0.3, 0.4) is 0 Å². The highest BCUT2D eigenvalue weighted by molar-refractivity contribution is 5.75. The summed E-state index contributed by atoms with van der Waals surface area (Å²) in [5.74, 6) is -0.999. The number of ether oxygens (including phenoxy) is 2. The summed E-state index contributed by atoms with van der Waals surface area (Å²) < 4.78 is 9.91. The van der Waals surface area contributed by atoms with E-state index >= 15 is 0 Å². The zero-order valence-corrected chi connectivity index (χ0v) is 11.5. The second-order valence-corrected chi connectivity index (χ2v) is 4.41. The average molecular weight is 281 g/mol. The molecule has 7 nitrogen and oxygen atoms in total. The van der Waals surface area contributed by atoms with Crippen molar-refractivity contribution in [2.45, 2.75) is 39.1 Å². The van der Waals surface area contributed by atoms with Crippen LogP contribution in [-0.4, -0.2) is 29.0 Å². The summed E-state index contributed by atoms with van der Waals surface area (Å²) in [4.78, 5) is 26.7. The second-order valence-electron chi connectivity index (χ2n) is 4.41. The summed E-state index contributed by atoms with van der Waals surface area (Å²) in [6, 6.07) is 3.78. The van der Waals surface area contributed by atoms with Crippen LogP contribution in [-0.2, 0) is 32.3 Å². The van der Waals surface area contributed by atoms with Gasteiger partial charge in [-0.1, -0.05) is 6.07 Å². The monoisotopic (exact) mass is 281 g/mol. The van der Waals surface area contributed by atoms with E-state index in [2.05, 4.69) is 4.98 Å². The van der Waals surface area contributed by atoms with E-state index in [0.717, 1.165) is 0 Å². The summed E-state index contributed by atoms with van der Waals surface area (Å²) in [5.41, 5.74) is 11.8. The first-order chi connectivity index (χ1) is 9.40. The summed E-state index contributed by atoms with van der Waals surface area (Å²) in [6.45, 7) is 3.13. The van der Waals surface area contributed by atoms with Crippen LogP contribution < -0.4 is 11.5 Å². The molecule has 0 bridgehead atoms. The number of carbonyl (C=O) groups excluding carboxylic acids is 2. The molecule has 20 heavy (non-hydrogen) atoms. The van der Waals surface area contributed by atoms with E-state index in [9.17, 15) is 9.59 Å². The lowest BCUT2D eigenvalue weighted by Gasteiger charge is -2.09. The van der Waals surface area contributed by atoms with Gasteiger partial charge in [0, 0.05) is 0 Å². The van der Waals surface area contributed by atoms with Crippen LogP contribution in [0.15, 0.2) is 18.2 Å². The highest BCUT2D eigenvalue weighted by Crippen LogP contribution is 2.04. The molecule has 2 atom stereocenters. The van der Waals surface area contributed by atoms with Gasteiger partial charge in [-0.05, 0) is 26.0 Å². The summed E-state index contributed by atoms with van der Waals surface area (Å²) in [5, 5.41) is 0. The van der Waals surface area contributed by atoms with Crippen molar-refractivity contribution < 1.29 is 19.1 Å². The van der Waals surface area contributed by atoms with E-state index in [1.807, 2.05) is 0 Å². The molecule has 0 saturated heterocycles. The Kier molecular flexibility index (Phi) is 6.08. The number of rotatable bonds is 6. The maximum atomic E-state index is 11.2. The maximum absolute atomic E-state index is 11.2.